The summed E-state index contributed by atoms with van der Waals surface area (Å²) in [5, 5.41) is 5.45. The lowest BCUT2D eigenvalue weighted by Gasteiger charge is -2.28. The predicted octanol–water partition coefficient (Wildman–Crippen LogP) is 0.563. The van der Waals surface area contributed by atoms with E-state index < -0.39 is 11.5 Å². The molecule has 3 rings (SSSR count). The molecule has 23 heavy (non-hydrogen) atoms. The molecule has 7 nitrogen and oxygen atoms in total. The molecule has 7 heteroatoms. The number of anilines is 2. The lowest BCUT2D eigenvalue weighted by Crippen LogP contribution is -2.47. The van der Waals surface area contributed by atoms with Gasteiger partial charge in [-0.1, -0.05) is 0 Å². The average molecular weight is 312 g/mol. The van der Waals surface area contributed by atoms with Crippen LogP contribution in [-0.2, 0) is 4.79 Å². The number of piperazine rings is 1. The van der Waals surface area contributed by atoms with Crippen LogP contribution >= 0.6 is 0 Å². The molecule has 2 amide bonds. The van der Waals surface area contributed by atoms with Crippen LogP contribution < -0.4 is 21.1 Å². The van der Waals surface area contributed by atoms with Gasteiger partial charge in [-0.3, -0.25) is 14.4 Å². The van der Waals surface area contributed by atoms with Gasteiger partial charge in [0.2, 0.25) is 5.91 Å². The largest absolute Gasteiger partial charge is 0.360 e. The minimum atomic E-state index is -0.461. The number of aromatic amines is 1. The van der Waals surface area contributed by atoms with Crippen molar-refractivity contribution in [2.45, 2.75) is 0 Å². The van der Waals surface area contributed by atoms with Gasteiger partial charge in [0.15, 0.2) is 0 Å². The summed E-state index contributed by atoms with van der Waals surface area (Å²) in [5.41, 5.74) is 1.13. The zero-order valence-corrected chi connectivity index (χ0v) is 12.3. The van der Waals surface area contributed by atoms with E-state index in [4.69, 9.17) is 0 Å². The normalized spacial score (nSPS) is 14.3. The number of nitrogens with one attached hydrogen (secondary N) is 3. The van der Waals surface area contributed by atoms with Gasteiger partial charge < -0.3 is 20.5 Å². The number of amides is 2. The Bertz CT molecular complexity index is 782. The van der Waals surface area contributed by atoms with Crippen molar-refractivity contribution in [3.63, 3.8) is 0 Å². The highest BCUT2D eigenvalue weighted by Crippen LogP contribution is 2.18. The highest BCUT2D eigenvalue weighted by molar-refractivity contribution is 6.04. The number of hydrogen-bond acceptors (Lipinski definition) is 4. The number of rotatable bonds is 3. The Hall–Kier alpha value is -3.09. The Labute approximate surface area is 132 Å². The van der Waals surface area contributed by atoms with Crippen LogP contribution in [0.15, 0.2) is 47.4 Å². The van der Waals surface area contributed by atoms with Crippen LogP contribution in [0.25, 0.3) is 0 Å². The summed E-state index contributed by atoms with van der Waals surface area (Å²) in [6.07, 6.45) is 1.47. The molecule has 1 fully saturated rings. The van der Waals surface area contributed by atoms with Gasteiger partial charge in [-0.2, -0.15) is 0 Å². The standard InChI is InChI=1S/C16H16N4O3/c21-14-10-20(9-8-17-14)12-5-3-11(4-6-12)19-16(23)13-2-1-7-18-15(13)22/h1-7H,8-10H2,(H,17,21)(H,18,22)(H,19,23). The molecule has 3 N–H and O–H groups in total. The van der Waals surface area contributed by atoms with Crippen LogP contribution in [0.3, 0.4) is 0 Å². The molecule has 0 saturated carbocycles. The van der Waals surface area contributed by atoms with E-state index >= 15 is 0 Å². The SMILES string of the molecule is O=C1CN(c2ccc(NC(=O)c3ccc[nH]c3=O)cc2)CCN1. The number of nitrogens with zero attached hydrogens (tertiary/aromatic N) is 1. The van der Waals surface area contributed by atoms with Crippen molar-refractivity contribution >= 4 is 23.2 Å². The van der Waals surface area contributed by atoms with Crippen molar-refractivity contribution in [3.05, 3.63) is 58.5 Å². The fraction of sp³-hybridized carbons (Fsp3) is 0.188. The third-order valence-corrected chi connectivity index (χ3v) is 3.59. The quantitative estimate of drug-likeness (QED) is 0.772. The van der Waals surface area contributed by atoms with Gasteiger partial charge >= 0.3 is 0 Å². The average Bonchev–Trinajstić information content (AvgIpc) is 2.56. The zero-order valence-electron chi connectivity index (χ0n) is 12.3. The predicted molar refractivity (Wildman–Crippen MR) is 86.7 cm³/mol. The summed E-state index contributed by atoms with van der Waals surface area (Å²) in [4.78, 5) is 39.5. The maximum Gasteiger partial charge on any atom is 0.261 e. The lowest BCUT2D eigenvalue weighted by atomic mass is 10.2. The van der Waals surface area contributed by atoms with E-state index in [-0.39, 0.29) is 11.5 Å². The highest BCUT2D eigenvalue weighted by Gasteiger charge is 2.16. The van der Waals surface area contributed by atoms with E-state index in [1.54, 1.807) is 18.2 Å². The van der Waals surface area contributed by atoms with Gasteiger partial charge in [-0.05, 0) is 36.4 Å². The minimum absolute atomic E-state index is 0.00284. The van der Waals surface area contributed by atoms with Crippen LogP contribution in [0.5, 0.6) is 0 Å². The summed E-state index contributed by atoms with van der Waals surface area (Å²) in [6.45, 7) is 1.69. The van der Waals surface area contributed by atoms with Gasteiger partial charge in [0, 0.05) is 30.7 Å². The fourth-order valence-corrected chi connectivity index (χ4v) is 2.41. The molecule has 2 heterocycles. The molecule has 1 aromatic heterocycles. The van der Waals surface area contributed by atoms with Gasteiger partial charge in [-0.15, -0.1) is 0 Å². The number of H-pyrrole nitrogens is 1. The molecule has 1 aliphatic rings. The smallest absolute Gasteiger partial charge is 0.261 e. The Morgan fingerprint density at radius 2 is 1.91 bits per heavy atom. The molecule has 0 bridgehead atoms. The van der Waals surface area contributed by atoms with Gasteiger partial charge in [0.05, 0.1) is 6.54 Å². The van der Waals surface area contributed by atoms with Crippen LogP contribution in [0.4, 0.5) is 11.4 Å². The molecule has 0 radical (unpaired) electrons. The topological polar surface area (TPSA) is 94.3 Å². The molecule has 1 saturated heterocycles. The molecule has 1 aliphatic heterocycles. The second-order valence-electron chi connectivity index (χ2n) is 5.19. The van der Waals surface area contributed by atoms with Gasteiger partial charge in [0.25, 0.3) is 11.5 Å². The molecule has 118 valence electrons. The third kappa shape index (κ3) is 3.39. The number of carbonyl (C=O) groups excluding carboxylic acids is 2. The number of aromatic nitrogens is 1. The Kier molecular flexibility index (Phi) is 4.09. The first-order valence-corrected chi connectivity index (χ1v) is 7.24. The first-order chi connectivity index (χ1) is 11.1. The second-order valence-corrected chi connectivity index (χ2v) is 5.19. The number of pyridine rings is 1. The molecule has 0 atom stereocenters. The van der Waals surface area contributed by atoms with Crippen molar-refractivity contribution in [1.29, 1.82) is 0 Å². The monoisotopic (exact) mass is 312 g/mol. The van der Waals surface area contributed by atoms with Crippen molar-refractivity contribution < 1.29 is 9.59 Å². The number of benzene rings is 1. The van der Waals surface area contributed by atoms with Crippen LogP contribution in [0.1, 0.15) is 10.4 Å². The summed E-state index contributed by atoms with van der Waals surface area (Å²) in [7, 11) is 0. The van der Waals surface area contributed by atoms with E-state index in [9.17, 15) is 14.4 Å². The second kappa shape index (κ2) is 6.35. The summed E-state index contributed by atoms with van der Waals surface area (Å²) in [5.74, 6) is -0.464. The maximum absolute atomic E-state index is 12.1. The molecule has 0 spiro atoms. The van der Waals surface area contributed by atoms with Crippen LogP contribution in [0, 0.1) is 0 Å². The Morgan fingerprint density at radius 1 is 1.13 bits per heavy atom. The van der Waals surface area contributed by atoms with E-state index in [0.717, 1.165) is 12.2 Å². The Balaban J connectivity index is 1.70. The van der Waals surface area contributed by atoms with Crippen LogP contribution in [0.2, 0.25) is 0 Å². The van der Waals surface area contributed by atoms with E-state index in [1.807, 2.05) is 17.0 Å². The number of hydrogen-bond donors (Lipinski definition) is 3. The molecular weight excluding hydrogens is 296 g/mol. The van der Waals surface area contributed by atoms with E-state index in [2.05, 4.69) is 15.6 Å². The first-order valence-electron chi connectivity index (χ1n) is 7.24. The van der Waals surface area contributed by atoms with Gasteiger partial charge in [0.1, 0.15) is 5.56 Å². The first kappa shape index (κ1) is 14.8. The van der Waals surface area contributed by atoms with Crippen molar-refractivity contribution in [2.24, 2.45) is 0 Å². The van der Waals surface area contributed by atoms with Crippen LogP contribution in [-0.4, -0.2) is 36.4 Å². The Morgan fingerprint density at radius 3 is 2.61 bits per heavy atom. The summed E-state index contributed by atoms with van der Waals surface area (Å²) in [6, 6.07) is 10.2. The van der Waals surface area contributed by atoms with E-state index in [0.29, 0.717) is 18.8 Å². The highest BCUT2D eigenvalue weighted by atomic mass is 16.2. The van der Waals surface area contributed by atoms with Crippen molar-refractivity contribution in [3.8, 4) is 0 Å². The van der Waals surface area contributed by atoms with Gasteiger partial charge in [-0.25, -0.2) is 0 Å². The number of carbonyl (C=O) groups is 2. The fourth-order valence-electron chi connectivity index (χ4n) is 2.41. The molecule has 1 aromatic carbocycles. The molecule has 2 aromatic rings. The summed E-state index contributed by atoms with van der Waals surface area (Å²) < 4.78 is 0. The molecule has 0 aliphatic carbocycles. The van der Waals surface area contributed by atoms with Crippen molar-refractivity contribution in [1.82, 2.24) is 10.3 Å². The van der Waals surface area contributed by atoms with Crippen molar-refractivity contribution in [2.75, 3.05) is 29.9 Å². The molecule has 0 unspecified atom stereocenters. The third-order valence-electron chi connectivity index (χ3n) is 3.59. The summed E-state index contributed by atoms with van der Waals surface area (Å²) >= 11 is 0. The lowest BCUT2D eigenvalue weighted by molar-refractivity contribution is -0.120. The van der Waals surface area contributed by atoms with E-state index in [1.165, 1.54) is 12.3 Å². The molecular formula is C16H16N4O3. The maximum atomic E-state index is 12.1. The minimum Gasteiger partial charge on any atom is -0.360 e. The zero-order chi connectivity index (χ0) is 16.2.